The summed E-state index contributed by atoms with van der Waals surface area (Å²) in [5.41, 5.74) is 1.46. The number of hydrogen-bond acceptors (Lipinski definition) is 4. The van der Waals surface area contributed by atoms with E-state index in [4.69, 9.17) is 10.3 Å². The highest BCUT2D eigenvalue weighted by molar-refractivity contribution is 5.76. The lowest BCUT2D eigenvalue weighted by atomic mass is 10.4. The van der Waals surface area contributed by atoms with Gasteiger partial charge in [0.05, 0.1) is 12.6 Å². The van der Waals surface area contributed by atoms with Gasteiger partial charge < -0.3 is 10.4 Å². The van der Waals surface area contributed by atoms with E-state index >= 15 is 0 Å². The predicted molar refractivity (Wildman–Crippen MR) is 34.5 cm³/mol. The SMILES string of the molecule is CC(O)CNCC(=O)NO. The molecule has 0 fully saturated rings. The maximum Gasteiger partial charge on any atom is 0.257 e. The molecule has 0 aromatic rings. The number of aliphatic hydroxyl groups is 1. The van der Waals surface area contributed by atoms with Crippen LogP contribution in [0.5, 0.6) is 0 Å². The molecule has 1 amide bonds. The van der Waals surface area contributed by atoms with Crippen molar-refractivity contribution in [3.63, 3.8) is 0 Å². The van der Waals surface area contributed by atoms with Crippen molar-refractivity contribution in [1.82, 2.24) is 10.8 Å². The van der Waals surface area contributed by atoms with Crippen molar-refractivity contribution in [2.24, 2.45) is 0 Å². The second kappa shape index (κ2) is 5.16. The van der Waals surface area contributed by atoms with E-state index in [1.54, 1.807) is 6.92 Å². The molecule has 4 N–H and O–H groups in total. The summed E-state index contributed by atoms with van der Waals surface area (Å²) in [6.45, 7) is 1.96. The summed E-state index contributed by atoms with van der Waals surface area (Å²) in [7, 11) is 0. The first-order valence-electron chi connectivity index (χ1n) is 2.98. The lowest BCUT2D eigenvalue weighted by Crippen LogP contribution is -2.35. The van der Waals surface area contributed by atoms with Crippen molar-refractivity contribution in [2.75, 3.05) is 13.1 Å². The fourth-order valence-electron chi connectivity index (χ4n) is 0.434. The number of nitrogens with one attached hydrogen (secondary N) is 2. The van der Waals surface area contributed by atoms with Gasteiger partial charge in [-0.05, 0) is 6.92 Å². The third-order valence-corrected chi connectivity index (χ3v) is 0.850. The average Bonchev–Trinajstić information content (AvgIpc) is 1.87. The van der Waals surface area contributed by atoms with Gasteiger partial charge in [0.15, 0.2) is 0 Å². The van der Waals surface area contributed by atoms with Crippen LogP contribution in [0.2, 0.25) is 0 Å². The van der Waals surface area contributed by atoms with E-state index in [-0.39, 0.29) is 6.54 Å². The number of aliphatic hydroxyl groups excluding tert-OH is 1. The van der Waals surface area contributed by atoms with E-state index in [0.29, 0.717) is 6.54 Å². The first-order valence-corrected chi connectivity index (χ1v) is 2.98. The normalized spacial score (nSPS) is 12.7. The van der Waals surface area contributed by atoms with Crippen LogP contribution >= 0.6 is 0 Å². The minimum atomic E-state index is -0.513. The van der Waals surface area contributed by atoms with Crippen molar-refractivity contribution in [3.05, 3.63) is 0 Å². The molecule has 1 atom stereocenters. The quantitative estimate of drug-likeness (QED) is 0.288. The van der Waals surface area contributed by atoms with Gasteiger partial charge in [0.25, 0.3) is 5.91 Å². The van der Waals surface area contributed by atoms with Crippen molar-refractivity contribution in [2.45, 2.75) is 13.0 Å². The Bertz CT molecular complexity index is 105. The lowest BCUT2D eigenvalue weighted by molar-refractivity contribution is -0.128. The Balaban J connectivity index is 3.12. The van der Waals surface area contributed by atoms with Gasteiger partial charge in [0.1, 0.15) is 0 Å². The van der Waals surface area contributed by atoms with E-state index in [2.05, 4.69) is 5.32 Å². The molecule has 0 rings (SSSR count). The molecule has 0 saturated heterocycles. The standard InChI is InChI=1S/C5H12N2O3/c1-4(8)2-6-3-5(9)7-10/h4,6,8,10H,2-3H2,1H3,(H,7,9). The minimum absolute atomic E-state index is 0.0153. The van der Waals surface area contributed by atoms with Crippen LogP contribution in [-0.4, -0.2) is 35.4 Å². The molecule has 0 heterocycles. The maximum atomic E-state index is 10.3. The van der Waals surface area contributed by atoms with E-state index in [1.165, 1.54) is 5.48 Å². The first kappa shape index (κ1) is 9.35. The molecule has 0 aromatic carbocycles. The number of hydroxylamine groups is 1. The minimum Gasteiger partial charge on any atom is -0.392 e. The second-order valence-corrected chi connectivity index (χ2v) is 2.01. The van der Waals surface area contributed by atoms with Gasteiger partial charge in [0.2, 0.25) is 0 Å². The number of amides is 1. The number of carbonyl (C=O) groups excluding carboxylic acids is 1. The van der Waals surface area contributed by atoms with Gasteiger partial charge in [0, 0.05) is 6.54 Å². The topological polar surface area (TPSA) is 81.6 Å². The van der Waals surface area contributed by atoms with Crippen LogP contribution in [0.15, 0.2) is 0 Å². The number of carbonyl (C=O) groups is 1. The Kier molecular flexibility index (Phi) is 4.82. The summed E-state index contributed by atoms with van der Waals surface area (Å²) in [5.74, 6) is -0.513. The summed E-state index contributed by atoms with van der Waals surface area (Å²) < 4.78 is 0. The number of hydrogen-bond donors (Lipinski definition) is 4. The zero-order chi connectivity index (χ0) is 7.98. The second-order valence-electron chi connectivity index (χ2n) is 2.01. The van der Waals surface area contributed by atoms with Crippen LogP contribution in [0, 0.1) is 0 Å². The summed E-state index contributed by atoms with van der Waals surface area (Å²) in [5, 5.41) is 19.3. The largest absolute Gasteiger partial charge is 0.392 e. The van der Waals surface area contributed by atoms with Gasteiger partial charge in [-0.3, -0.25) is 10.0 Å². The van der Waals surface area contributed by atoms with Crippen molar-refractivity contribution < 1.29 is 15.1 Å². The predicted octanol–water partition coefficient (Wildman–Crippen LogP) is -1.54. The summed E-state index contributed by atoms with van der Waals surface area (Å²) in [6, 6.07) is 0. The van der Waals surface area contributed by atoms with Crippen LogP contribution in [0.4, 0.5) is 0 Å². The Morgan fingerprint density at radius 2 is 2.30 bits per heavy atom. The molecule has 0 aromatic heterocycles. The van der Waals surface area contributed by atoms with Gasteiger partial charge in [-0.25, -0.2) is 5.48 Å². The lowest BCUT2D eigenvalue weighted by Gasteiger charge is -2.04. The van der Waals surface area contributed by atoms with Gasteiger partial charge in [-0.2, -0.15) is 0 Å². The van der Waals surface area contributed by atoms with E-state index in [1.807, 2.05) is 0 Å². The molecule has 0 aliphatic heterocycles. The average molecular weight is 148 g/mol. The molecule has 5 nitrogen and oxygen atoms in total. The molecule has 0 spiro atoms. The Labute approximate surface area is 59.0 Å². The highest BCUT2D eigenvalue weighted by atomic mass is 16.5. The van der Waals surface area contributed by atoms with Gasteiger partial charge in [-0.15, -0.1) is 0 Å². The van der Waals surface area contributed by atoms with Crippen LogP contribution in [-0.2, 0) is 4.79 Å². The molecule has 0 aliphatic rings. The molecule has 0 bridgehead atoms. The fourth-order valence-corrected chi connectivity index (χ4v) is 0.434. The molecule has 1 unspecified atom stereocenters. The van der Waals surface area contributed by atoms with E-state index in [9.17, 15) is 4.79 Å². The Morgan fingerprint density at radius 1 is 1.70 bits per heavy atom. The number of rotatable bonds is 4. The van der Waals surface area contributed by atoms with E-state index in [0.717, 1.165) is 0 Å². The molecular weight excluding hydrogens is 136 g/mol. The zero-order valence-corrected chi connectivity index (χ0v) is 5.79. The molecule has 0 radical (unpaired) electrons. The summed E-state index contributed by atoms with van der Waals surface area (Å²) >= 11 is 0. The smallest absolute Gasteiger partial charge is 0.257 e. The molecule has 0 saturated carbocycles. The third-order valence-electron chi connectivity index (χ3n) is 0.850. The summed E-state index contributed by atoms with van der Waals surface area (Å²) in [4.78, 5) is 10.3. The molecule has 0 aliphatic carbocycles. The Morgan fingerprint density at radius 3 is 2.70 bits per heavy atom. The molecule has 10 heavy (non-hydrogen) atoms. The van der Waals surface area contributed by atoms with Crippen LogP contribution < -0.4 is 10.8 Å². The highest BCUT2D eigenvalue weighted by Crippen LogP contribution is 1.72. The van der Waals surface area contributed by atoms with Gasteiger partial charge >= 0.3 is 0 Å². The third kappa shape index (κ3) is 5.49. The van der Waals surface area contributed by atoms with Gasteiger partial charge in [-0.1, -0.05) is 0 Å². The molecule has 5 heteroatoms. The van der Waals surface area contributed by atoms with E-state index < -0.39 is 12.0 Å². The van der Waals surface area contributed by atoms with Crippen molar-refractivity contribution in [3.8, 4) is 0 Å². The summed E-state index contributed by atoms with van der Waals surface area (Å²) in [6.07, 6.45) is -0.480. The van der Waals surface area contributed by atoms with Crippen LogP contribution in [0.3, 0.4) is 0 Å². The maximum absolute atomic E-state index is 10.3. The first-order chi connectivity index (χ1) is 4.66. The molecule has 60 valence electrons. The van der Waals surface area contributed by atoms with Crippen LogP contribution in [0.25, 0.3) is 0 Å². The van der Waals surface area contributed by atoms with Crippen molar-refractivity contribution >= 4 is 5.91 Å². The monoisotopic (exact) mass is 148 g/mol. The fraction of sp³-hybridized carbons (Fsp3) is 0.800. The van der Waals surface area contributed by atoms with Crippen molar-refractivity contribution in [1.29, 1.82) is 0 Å². The molecular formula is C5H12N2O3. The Hall–Kier alpha value is -0.650. The highest BCUT2D eigenvalue weighted by Gasteiger charge is 1.98. The van der Waals surface area contributed by atoms with Crippen LogP contribution in [0.1, 0.15) is 6.92 Å². The zero-order valence-electron chi connectivity index (χ0n) is 5.79.